The van der Waals surface area contributed by atoms with Gasteiger partial charge in [0, 0.05) is 22.3 Å². The summed E-state index contributed by atoms with van der Waals surface area (Å²) in [6, 6.07) is 24.1. The van der Waals surface area contributed by atoms with Gasteiger partial charge >= 0.3 is 0 Å². The zero-order valence-electron chi connectivity index (χ0n) is 16.3. The van der Waals surface area contributed by atoms with E-state index in [0.29, 0.717) is 5.16 Å². The lowest BCUT2D eigenvalue weighted by molar-refractivity contribution is -0.113. The fourth-order valence-corrected chi connectivity index (χ4v) is 3.83. The summed E-state index contributed by atoms with van der Waals surface area (Å²) < 4.78 is 0. The van der Waals surface area contributed by atoms with E-state index in [1.807, 2.05) is 55.5 Å². The Morgan fingerprint density at radius 3 is 2.52 bits per heavy atom. The van der Waals surface area contributed by atoms with Crippen molar-refractivity contribution in [1.82, 2.24) is 9.97 Å². The lowest BCUT2D eigenvalue weighted by atomic mass is 10.1. The molecule has 0 spiro atoms. The van der Waals surface area contributed by atoms with Crippen molar-refractivity contribution in [2.45, 2.75) is 19.0 Å². The van der Waals surface area contributed by atoms with Gasteiger partial charge in [0.2, 0.25) is 5.91 Å². The van der Waals surface area contributed by atoms with Crippen LogP contribution < -0.4 is 5.32 Å². The number of hydrogen-bond acceptors (Lipinski definition) is 4. The second-order valence-electron chi connectivity index (χ2n) is 6.91. The molecule has 1 N–H and O–H groups in total. The van der Waals surface area contributed by atoms with E-state index in [0.717, 1.165) is 33.4 Å². The first-order chi connectivity index (χ1) is 14.1. The minimum atomic E-state index is -0.0756. The number of thioether (sulfide) groups is 1. The van der Waals surface area contributed by atoms with Crippen molar-refractivity contribution in [3.05, 3.63) is 84.1 Å². The number of nitrogens with one attached hydrogen (secondary N) is 1. The summed E-state index contributed by atoms with van der Waals surface area (Å²) in [5.41, 5.74) is 4.82. The number of fused-ring (bicyclic) bond motifs is 1. The second kappa shape index (κ2) is 8.45. The molecule has 4 nitrogen and oxygen atoms in total. The fraction of sp³-hybridized carbons (Fsp3) is 0.125. The lowest BCUT2D eigenvalue weighted by Gasteiger charge is -2.09. The Bertz CT molecular complexity index is 1170. The maximum absolute atomic E-state index is 12.5. The number of nitrogens with zero attached hydrogens (tertiary/aromatic N) is 2. The van der Waals surface area contributed by atoms with Crippen molar-refractivity contribution in [3.63, 3.8) is 0 Å². The Kier molecular flexibility index (Phi) is 5.58. The molecule has 144 valence electrons. The normalized spacial score (nSPS) is 10.8. The van der Waals surface area contributed by atoms with E-state index in [2.05, 4.69) is 46.5 Å². The molecule has 29 heavy (non-hydrogen) atoms. The van der Waals surface area contributed by atoms with Crippen LogP contribution >= 0.6 is 11.8 Å². The predicted molar refractivity (Wildman–Crippen MR) is 120 cm³/mol. The highest BCUT2D eigenvalue weighted by Gasteiger charge is 2.10. The molecule has 5 heteroatoms. The minimum Gasteiger partial charge on any atom is -0.325 e. The summed E-state index contributed by atoms with van der Waals surface area (Å²) in [4.78, 5) is 21.6. The first-order valence-electron chi connectivity index (χ1n) is 9.41. The zero-order valence-corrected chi connectivity index (χ0v) is 17.2. The molecular formula is C24H21N3OS. The van der Waals surface area contributed by atoms with Crippen LogP contribution in [0.3, 0.4) is 0 Å². The average Bonchev–Trinajstić information content (AvgIpc) is 2.73. The fourth-order valence-electron chi connectivity index (χ4n) is 3.13. The third-order valence-corrected chi connectivity index (χ3v) is 5.42. The highest BCUT2D eigenvalue weighted by molar-refractivity contribution is 7.99. The van der Waals surface area contributed by atoms with Crippen LogP contribution in [-0.4, -0.2) is 21.6 Å². The molecule has 0 radical (unpaired) electrons. The van der Waals surface area contributed by atoms with Crippen molar-refractivity contribution in [2.24, 2.45) is 0 Å². The van der Waals surface area contributed by atoms with Gasteiger partial charge in [-0.05, 0) is 31.4 Å². The van der Waals surface area contributed by atoms with Gasteiger partial charge in [-0.3, -0.25) is 4.79 Å². The van der Waals surface area contributed by atoms with Crippen LogP contribution in [0.4, 0.5) is 5.69 Å². The Morgan fingerprint density at radius 2 is 1.69 bits per heavy atom. The number of carbonyl (C=O) groups excluding carboxylic acids is 1. The Morgan fingerprint density at radius 1 is 0.931 bits per heavy atom. The van der Waals surface area contributed by atoms with Gasteiger partial charge in [0.05, 0.1) is 11.4 Å². The van der Waals surface area contributed by atoms with Gasteiger partial charge in [-0.2, -0.15) is 0 Å². The molecule has 0 aliphatic carbocycles. The monoisotopic (exact) mass is 399 g/mol. The molecule has 4 aromatic rings. The van der Waals surface area contributed by atoms with Crippen molar-refractivity contribution in [2.75, 3.05) is 11.1 Å². The number of hydrogen-bond donors (Lipinski definition) is 1. The highest BCUT2D eigenvalue weighted by atomic mass is 32.2. The molecule has 1 heterocycles. The van der Waals surface area contributed by atoms with E-state index in [1.165, 1.54) is 17.3 Å². The molecule has 1 aromatic heterocycles. The van der Waals surface area contributed by atoms with Gasteiger partial charge in [0.25, 0.3) is 0 Å². The molecule has 0 saturated heterocycles. The molecule has 1 amide bonds. The molecule has 0 bridgehead atoms. The molecule has 0 aliphatic heterocycles. The second-order valence-corrected chi connectivity index (χ2v) is 7.85. The summed E-state index contributed by atoms with van der Waals surface area (Å²) in [5.74, 6) is 0.174. The molecule has 0 atom stereocenters. The standard InChI is InChI=1S/C24H21N3OS/c1-16-10-12-19(13-11-16)22-14-17(2)25-24(27-22)29-15-23(28)26-21-9-5-7-18-6-3-4-8-20(18)21/h3-14H,15H2,1-2H3,(H,26,28). The third-order valence-electron chi connectivity index (χ3n) is 4.58. The van der Waals surface area contributed by atoms with Crippen molar-refractivity contribution in [1.29, 1.82) is 0 Å². The number of anilines is 1. The highest BCUT2D eigenvalue weighted by Crippen LogP contribution is 2.25. The zero-order chi connectivity index (χ0) is 20.2. The summed E-state index contributed by atoms with van der Waals surface area (Å²) in [5, 5.41) is 5.74. The largest absolute Gasteiger partial charge is 0.325 e. The molecule has 3 aromatic carbocycles. The van der Waals surface area contributed by atoms with Gasteiger partial charge in [0.1, 0.15) is 0 Å². The van der Waals surface area contributed by atoms with Crippen LogP contribution in [0, 0.1) is 13.8 Å². The maximum Gasteiger partial charge on any atom is 0.234 e. The number of carbonyl (C=O) groups is 1. The minimum absolute atomic E-state index is 0.0756. The van der Waals surface area contributed by atoms with E-state index < -0.39 is 0 Å². The number of benzene rings is 3. The quantitative estimate of drug-likeness (QED) is 0.348. The first-order valence-corrected chi connectivity index (χ1v) is 10.4. The van der Waals surface area contributed by atoms with Crippen molar-refractivity contribution < 1.29 is 4.79 Å². The van der Waals surface area contributed by atoms with Crippen LogP contribution in [0.15, 0.2) is 78.0 Å². The van der Waals surface area contributed by atoms with E-state index in [9.17, 15) is 4.79 Å². The van der Waals surface area contributed by atoms with Crippen LogP contribution in [0.25, 0.3) is 22.0 Å². The molecule has 4 rings (SSSR count). The lowest BCUT2D eigenvalue weighted by Crippen LogP contribution is -2.14. The molecule has 0 fully saturated rings. The first kappa shape index (κ1) is 19.2. The Balaban J connectivity index is 1.47. The molecular weight excluding hydrogens is 378 g/mol. The molecule has 0 saturated carbocycles. The van der Waals surface area contributed by atoms with E-state index in [-0.39, 0.29) is 11.7 Å². The summed E-state index contributed by atoms with van der Waals surface area (Å²) in [6.07, 6.45) is 0. The van der Waals surface area contributed by atoms with Gasteiger partial charge < -0.3 is 5.32 Å². The van der Waals surface area contributed by atoms with Crippen LogP contribution in [-0.2, 0) is 4.79 Å². The number of rotatable bonds is 5. The molecule has 0 unspecified atom stereocenters. The van der Waals surface area contributed by atoms with Gasteiger partial charge in [0.15, 0.2) is 5.16 Å². The van der Waals surface area contributed by atoms with E-state index >= 15 is 0 Å². The van der Waals surface area contributed by atoms with Crippen molar-refractivity contribution in [3.8, 4) is 11.3 Å². The number of aromatic nitrogens is 2. The predicted octanol–water partition coefficient (Wildman–Crippen LogP) is 5.64. The maximum atomic E-state index is 12.5. The van der Waals surface area contributed by atoms with Crippen LogP contribution in [0.5, 0.6) is 0 Å². The van der Waals surface area contributed by atoms with Crippen LogP contribution in [0.1, 0.15) is 11.3 Å². The molecule has 0 aliphatic rings. The van der Waals surface area contributed by atoms with E-state index in [1.54, 1.807) is 0 Å². The summed E-state index contributed by atoms with van der Waals surface area (Å²) in [7, 11) is 0. The smallest absolute Gasteiger partial charge is 0.234 e. The third kappa shape index (κ3) is 4.63. The van der Waals surface area contributed by atoms with E-state index in [4.69, 9.17) is 0 Å². The van der Waals surface area contributed by atoms with Crippen LogP contribution in [0.2, 0.25) is 0 Å². The topological polar surface area (TPSA) is 54.9 Å². The average molecular weight is 400 g/mol. The van der Waals surface area contributed by atoms with Gasteiger partial charge in [-0.15, -0.1) is 0 Å². The van der Waals surface area contributed by atoms with Gasteiger partial charge in [-0.25, -0.2) is 9.97 Å². The number of amides is 1. The Labute approximate surface area is 174 Å². The SMILES string of the molecule is Cc1ccc(-c2cc(C)nc(SCC(=O)Nc3cccc4ccccc34)n2)cc1. The van der Waals surface area contributed by atoms with Crippen molar-refractivity contribution >= 4 is 34.1 Å². The summed E-state index contributed by atoms with van der Waals surface area (Å²) >= 11 is 1.35. The summed E-state index contributed by atoms with van der Waals surface area (Å²) in [6.45, 7) is 4.00. The number of aryl methyl sites for hydroxylation is 2. The van der Waals surface area contributed by atoms with Gasteiger partial charge in [-0.1, -0.05) is 78.0 Å². The Hall–Kier alpha value is -3.18.